The molecule has 0 saturated heterocycles. The summed E-state index contributed by atoms with van der Waals surface area (Å²) in [5, 5.41) is 17.5. The van der Waals surface area contributed by atoms with Gasteiger partial charge in [0, 0.05) is 21.7 Å². The van der Waals surface area contributed by atoms with Crippen LogP contribution in [-0.2, 0) is 0 Å². The highest BCUT2D eigenvalue weighted by molar-refractivity contribution is 6.39. The van der Waals surface area contributed by atoms with Gasteiger partial charge < -0.3 is 4.42 Å². The number of hydrogen-bond acceptors (Lipinski definition) is 1. The lowest BCUT2D eigenvalue weighted by atomic mass is 9.85. The van der Waals surface area contributed by atoms with Crippen LogP contribution in [0.15, 0.2) is 174 Å². The van der Waals surface area contributed by atoms with E-state index in [-0.39, 0.29) is 0 Å². The molecule has 226 valence electrons. The van der Waals surface area contributed by atoms with E-state index in [1.807, 2.05) is 0 Å². The summed E-state index contributed by atoms with van der Waals surface area (Å²) in [5.41, 5.74) is 6.62. The molecule has 0 N–H and O–H groups in total. The zero-order valence-electron chi connectivity index (χ0n) is 26.6. The second kappa shape index (κ2) is 10.0. The molecule has 0 radical (unpaired) electrons. The average molecular weight is 621 g/mol. The van der Waals surface area contributed by atoms with Crippen LogP contribution in [0.4, 0.5) is 0 Å². The smallest absolute Gasteiger partial charge is 0.143 e. The Bertz CT molecular complexity index is 3150. The van der Waals surface area contributed by atoms with Crippen molar-refractivity contribution >= 4 is 86.6 Å². The predicted octanol–water partition coefficient (Wildman–Crippen LogP) is 13.8. The summed E-state index contributed by atoms with van der Waals surface area (Å²) >= 11 is 0. The van der Waals surface area contributed by atoms with Crippen LogP contribution in [0.1, 0.15) is 0 Å². The van der Waals surface area contributed by atoms with Crippen LogP contribution in [0.3, 0.4) is 0 Å². The minimum atomic E-state index is 0.934. The summed E-state index contributed by atoms with van der Waals surface area (Å²) in [6, 6.07) is 62.0. The lowest BCUT2D eigenvalue weighted by Gasteiger charge is -2.17. The monoisotopic (exact) mass is 620 g/mol. The number of fused-ring (bicyclic) bond motifs is 16. The van der Waals surface area contributed by atoms with Gasteiger partial charge in [-0.25, -0.2) is 0 Å². The first kappa shape index (κ1) is 26.6. The van der Waals surface area contributed by atoms with Crippen molar-refractivity contribution in [3.8, 4) is 22.3 Å². The summed E-state index contributed by atoms with van der Waals surface area (Å²) in [6.45, 7) is 0. The van der Waals surface area contributed by atoms with Gasteiger partial charge in [-0.15, -0.1) is 0 Å². The SMILES string of the molecule is c1ccc(-c2ccc3c(c2)c2ccccc2c2c4ccc(-c5cccc6c5oc5c7ccccc7ccc65)cc4c4ccccc4c32)cc1. The first-order valence-electron chi connectivity index (χ1n) is 16.9. The molecule has 0 atom stereocenters. The highest BCUT2D eigenvalue weighted by Crippen LogP contribution is 2.46. The summed E-state index contributed by atoms with van der Waals surface area (Å²) in [7, 11) is 0. The normalized spacial score (nSPS) is 12.1. The number of benzene rings is 10. The molecule has 0 aliphatic heterocycles. The van der Waals surface area contributed by atoms with Crippen molar-refractivity contribution in [2.45, 2.75) is 0 Å². The zero-order chi connectivity index (χ0) is 32.1. The molecule has 11 rings (SSSR count). The molecule has 1 nitrogen and oxygen atoms in total. The minimum Gasteiger partial charge on any atom is -0.455 e. The Hall–Kier alpha value is -6.44. The van der Waals surface area contributed by atoms with Crippen LogP contribution in [0.25, 0.3) is 109 Å². The molecule has 0 unspecified atom stereocenters. The van der Waals surface area contributed by atoms with Gasteiger partial charge in [-0.1, -0.05) is 152 Å². The van der Waals surface area contributed by atoms with E-state index in [0.717, 1.165) is 38.5 Å². The van der Waals surface area contributed by atoms with Crippen molar-refractivity contribution in [3.05, 3.63) is 170 Å². The molecule has 1 heteroatoms. The van der Waals surface area contributed by atoms with Gasteiger partial charge in [-0.05, 0) is 94.1 Å². The highest BCUT2D eigenvalue weighted by Gasteiger charge is 2.19. The summed E-state index contributed by atoms with van der Waals surface area (Å²) < 4.78 is 6.77. The summed E-state index contributed by atoms with van der Waals surface area (Å²) in [4.78, 5) is 0. The molecule has 0 spiro atoms. The number of rotatable bonds is 2. The van der Waals surface area contributed by atoms with Gasteiger partial charge in [0.15, 0.2) is 0 Å². The maximum Gasteiger partial charge on any atom is 0.143 e. The lowest BCUT2D eigenvalue weighted by molar-refractivity contribution is 0.674. The fourth-order valence-corrected chi connectivity index (χ4v) is 8.40. The molecule has 0 bridgehead atoms. The van der Waals surface area contributed by atoms with E-state index in [0.29, 0.717) is 0 Å². The van der Waals surface area contributed by atoms with Crippen molar-refractivity contribution < 1.29 is 4.42 Å². The summed E-state index contributed by atoms with van der Waals surface area (Å²) in [6.07, 6.45) is 0. The Balaban J connectivity index is 1.24. The van der Waals surface area contributed by atoms with Crippen LogP contribution >= 0.6 is 0 Å². The fourth-order valence-electron chi connectivity index (χ4n) is 8.40. The predicted molar refractivity (Wildman–Crippen MR) is 210 cm³/mol. The zero-order valence-corrected chi connectivity index (χ0v) is 26.6. The second-order valence-electron chi connectivity index (χ2n) is 13.2. The average Bonchev–Trinajstić information content (AvgIpc) is 3.57. The standard InChI is InChI=1S/C48H28O/c1-2-11-29(12-3-1)31-22-24-39-43(27-31)35-15-6-8-17-37(35)46-40-25-23-32(28-44(40)36-16-7-9-18-38(36)45(39)46)34-19-10-20-41-42-26-21-30-13-4-5-14-33(30)47(42)49-48(34)41/h1-28H. The van der Waals surface area contributed by atoms with E-state index >= 15 is 0 Å². The third-order valence-electron chi connectivity index (χ3n) is 10.6. The van der Waals surface area contributed by atoms with Crippen LogP contribution in [0.5, 0.6) is 0 Å². The first-order chi connectivity index (χ1) is 24.3. The van der Waals surface area contributed by atoms with Crippen LogP contribution in [-0.4, -0.2) is 0 Å². The molecule has 10 aromatic carbocycles. The Morgan fingerprint density at radius 3 is 1.49 bits per heavy atom. The van der Waals surface area contributed by atoms with E-state index in [1.165, 1.54) is 70.4 Å². The molecule has 49 heavy (non-hydrogen) atoms. The van der Waals surface area contributed by atoms with E-state index in [4.69, 9.17) is 4.42 Å². The van der Waals surface area contributed by atoms with Gasteiger partial charge in [0.1, 0.15) is 11.2 Å². The molecule has 0 aliphatic rings. The highest BCUT2D eigenvalue weighted by atomic mass is 16.3. The van der Waals surface area contributed by atoms with Crippen molar-refractivity contribution in [2.24, 2.45) is 0 Å². The Kier molecular flexibility index (Phi) is 5.45. The first-order valence-corrected chi connectivity index (χ1v) is 16.9. The largest absolute Gasteiger partial charge is 0.455 e. The Morgan fingerprint density at radius 1 is 0.265 bits per heavy atom. The quantitative estimate of drug-likeness (QED) is 0.175. The van der Waals surface area contributed by atoms with Gasteiger partial charge in [0.25, 0.3) is 0 Å². The number of para-hydroxylation sites is 1. The van der Waals surface area contributed by atoms with Crippen molar-refractivity contribution in [2.75, 3.05) is 0 Å². The van der Waals surface area contributed by atoms with E-state index in [2.05, 4.69) is 170 Å². The molecular weight excluding hydrogens is 593 g/mol. The van der Waals surface area contributed by atoms with Gasteiger partial charge in [-0.2, -0.15) is 0 Å². The molecular formula is C48H28O. The van der Waals surface area contributed by atoms with Gasteiger partial charge in [0.2, 0.25) is 0 Å². The molecule has 0 fully saturated rings. The Labute approximate surface area is 282 Å². The van der Waals surface area contributed by atoms with Gasteiger partial charge >= 0.3 is 0 Å². The number of hydrogen-bond donors (Lipinski definition) is 0. The van der Waals surface area contributed by atoms with Crippen LogP contribution < -0.4 is 0 Å². The fraction of sp³-hybridized carbons (Fsp3) is 0. The van der Waals surface area contributed by atoms with Crippen molar-refractivity contribution in [1.29, 1.82) is 0 Å². The van der Waals surface area contributed by atoms with E-state index < -0.39 is 0 Å². The third-order valence-corrected chi connectivity index (χ3v) is 10.6. The van der Waals surface area contributed by atoms with E-state index in [1.54, 1.807) is 0 Å². The Morgan fingerprint density at radius 2 is 0.776 bits per heavy atom. The number of furan rings is 1. The van der Waals surface area contributed by atoms with Crippen LogP contribution in [0.2, 0.25) is 0 Å². The van der Waals surface area contributed by atoms with Crippen molar-refractivity contribution in [3.63, 3.8) is 0 Å². The molecule has 1 heterocycles. The maximum absolute atomic E-state index is 6.77. The van der Waals surface area contributed by atoms with Crippen LogP contribution in [0, 0.1) is 0 Å². The molecule has 0 amide bonds. The minimum absolute atomic E-state index is 0.934. The molecule has 0 saturated carbocycles. The lowest BCUT2D eigenvalue weighted by Crippen LogP contribution is -1.90. The topological polar surface area (TPSA) is 13.1 Å². The summed E-state index contributed by atoms with van der Waals surface area (Å²) in [5.74, 6) is 0. The second-order valence-corrected chi connectivity index (χ2v) is 13.2. The maximum atomic E-state index is 6.77. The van der Waals surface area contributed by atoms with Crippen molar-refractivity contribution in [1.82, 2.24) is 0 Å². The van der Waals surface area contributed by atoms with Gasteiger partial charge in [0.05, 0.1) is 0 Å². The molecule has 0 aliphatic carbocycles. The molecule has 11 aromatic rings. The third kappa shape index (κ3) is 3.76. The van der Waals surface area contributed by atoms with Gasteiger partial charge in [-0.3, -0.25) is 0 Å². The molecule has 1 aromatic heterocycles. The van der Waals surface area contributed by atoms with E-state index in [9.17, 15) is 0 Å².